The van der Waals surface area contributed by atoms with E-state index < -0.39 is 0 Å². The van der Waals surface area contributed by atoms with Crippen molar-refractivity contribution >= 4 is 11.6 Å². The second-order valence-electron chi connectivity index (χ2n) is 2.78. The highest BCUT2D eigenvalue weighted by Crippen LogP contribution is 1.96. The van der Waals surface area contributed by atoms with Crippen LogP contribution in [0.25, 0.3) is 0 Å². The van der Waals surface area contributed by atoms with E-state index in [2.05, 4.69) is 16.3 Å². The van der Waals surface area contributed by atoms with Crippen LogP contribution in [0.3, 0.4) is 0 Å². The molecule has 0 saturated heterocycles. The number of terminal acetylenes is 1. The van der Waals surface area contributed by atoms with Gasteiger partial charge in [-0.15, -0.1) is 12.3 Å². The summed E-state index contributed by atoms with van der Waals surface area (Å²) in [5.41, 5.74) is 5.98. The molecule has 0 aliphatic heterocycles. The van der Waals surface area contributed by atoms with Gasteiger partial charge in [0.1, 0.15) is 6.54 Å². The Balaban J connectivity index is 2.31. The summed E-state index contributed by atoms with van der Waals surface area (Å²) >= 11 is 0. The molecule has 1 aromatic rings. The number of nitrogen functional groups attached to an aromatic ring is 1. The number of carbonyl (C=O) groups is 1. The Morgan fingerprint density at radius 2 is 2.57 bits per heavy atom. The van der Waals surface area contributed by atoms with E-state index >= 15 is 0 Å². The van der Waals surface area contributed by atoms with Gasteiger partial charge in [-0.05, 0) is 0 Å². The van der Waals surface area contributed by atoms with Crippen LogP contribution in [-0.4, -0.2) is 22.2 Å². The maximum absolute atomic E-state index is 11.2. The van der Waals surface area contributed by atoms with Gasteiger partial charge in [-0.2, -0.15) is 5.10 Å². The molecule has 1 rings (SSSR count). The summed E-state index contributed by atoms with van der Waals surface area (Å²) in [5, 5.41) is 6.53. The minimum absolute atomic E-state index is 0.122. The van der Waals surface area contributed by atoms with E-state index in [4.69, 9.17) is 12.2 Å². The Hall–Kier alpha value is -1.96. The third-order valence-electron chi connectivity index (χ3n) is 1.55. The maximum atomic E-state index is 11.2. The fourth-order valence-corrected chi connectivity index (χ4v) is 0.943. The first-order valence-corrected chi connectivity index (χ1v) is 4.20. The van der Waals surface area contributed by atoms with Crippen molar-refractivity contribution in [3.63, 3.8) is 0 Å². The van der Waals surface area contributed by atoms with Gasteiger partial charge in [-0.3, -0.25) is 9.48 Å². The molecule has 0 aromatic carbocycles. The van der Waals surface area contributed by atoms with Gasteiger partial charge in [-0.25, -0.2) is 0 Å². The van der Waals surface area contributed by atoms with Crippen LogP contribution in [0.4, 0.5) is 5.69 Å². The molecule has 5 nitrogen and oxygen atoms in total. The number of aromatic nitrogens is 2. The van der Waals surface area contributed by atoms with Crippen molar-refractivity contribution in [3.05, 3.63) is 12.4 Å². The normalized spacial score (nSPS) is 9.36. The number of nitrogens with two attached hydrogens (primary N) is 1. The molecule has 0 aliphatic rings. The molecule has 0 fully saturated rings. The second-order valence-corrected chi connectivity index (χ2v) is 2.78. The third kappa shape index (κ3) is 3.19. The molecular formula is C9H12N4O. The highest BCUT2D eigenvalue weighted by Gasteiger charge is 2.01. The topological polar surface area (TPSA) is 72.9 Å². The fourth-order valence-electron chi connectivity index (χ4n) is 0.943. The van der Waals surface area contributed by atoms with Gasteiger partial charge in [-0.1, -0.05) is 0 Å². The van der Waals surface area contributed by atoms with Crippen LogP contribution in [0.15, 0.2) is 12.4 Å². The van der Waals surface area contributed by atoms with E-state index in [-0.39, 0.29) is 12.5 Å². The monoisotopic (exact) mass is 192 g/mol. The SMILES string of the molecule is C#CCCNC(=O)Cn1cc(N)cn1. The molecule has 0 aliphatic carbocycles. The van der Waals surface area contributed by atoms with E-state index in [1.807, 2.05) is 0 Å². The number of anilines is 1. The Labute approximate surface area is 82.3 Å². The van der Waals surface area contributed by atoms with E-state index in [0.717, 1.165) is 0 Å². The molecule has 1 amide bonds. The average Bonchev–Trinajstić information content (AvgIpc) is 2.52. The minimum Gasteiger partial charge on any atom is -0.396 e. The van der Waals surface area contributed by atoms with Gasteiger partial charge in [0.2, 0.25) is 5.91 Å². The Bertz CT molecular complexity index is 350. The standard InChI is InChI=1S/C9H12N4O/c1-2-3-4-11-9(14)7-13-6-8(10)5-12-13/h1,5-6H,3-4,7,10H2,(H,11,14). The van der Waals surface area contributed by atoms with Gasteiger partial charge in [0.25, 0.3) is 0 Å². The Morgan fingerprint density at radius 3 is 3.14 bits per heavy atom. The van der Waals surface area contributed by atoms with Crippen LogP contribution in [0.5, 0.6) is 0 Å². The smallest absolute Gasteiger partial charge is 0.241 e. The number of hydrogen-bond acceptors (Lipinski definition) is 3. The molecule has 0 atom stereocenters. The molecular weight excluding hydrogens is 180 g/mol. The second kappa shape index (κ2) is 4.92. The summed E-state index contributed by atoms with van der Waals surface area (Å²) in [6.45, 7) is 0.661. The summed E-state index contributed by atoms with van der Waals surface area (Å²) in [7, 11) is 0. The van der Waals surface area contributed by atoms with Crippen LogP contribution >= 0.6 is 0 Å². The zero-order valence-corrected chi connectivity index (χ0v) is 7.73. The summed E-state index contributed by atoms with van der Waals surface area (Å²) in [6, 6.07) is 0. The summed E-state index contributed by atoms with van der Waals surface area (Å²) in [5.74, 6) is 2.31. The summed E-state index contributed by atoms with van der Waals surface area (Å²) in [4.78, 5) is 11.2. The zero-order valence-electron chi connectivity index (χ0n) is 7.73. The lowest BCUT2D eigenvalue weighted by atomic mass is 10.4. The highest BCUT2D eigenvalue weighted by atomic mass is 16.2. The predicted molar refractivity (Wildman–Crippen MR) is 53.1 cm³/mol. The van der Waals surface area contributed by atoms with Crippen LogP contribution in [0.2, 0.25) is 0 Å². The molecule has 1 heterocycles. The van der Waals surface area contributed by atoms with Crippen molar-refractivity contribution in [2.75, 3.05) is 12.3 Å². The van der Waals surface area contributed by atoms with Crippen molar-refractivity contribution in [3.8, 4) is 12.3 Å². The molecule has 0 spiro atoms. The van der Waals surface area contributed by atoms with Gasteiger partial charge < -0.3 is 11.1 Å². The Morgan fingerprint density at radius 1 is 1.79 bits per heavy atom. The first-order chi connectivity index (χ1) is 6.72. The number of rotatable bonds is 4. The largest absolute Gasteiger partial charge is 0.396 e. The molecule has 5 heteroatoms. The third-order valence-corrected chi connectivity index (χ3v) is 1.55. The molecule has 0 saturated carbocycles. The van der Waals surface area contributed by atoms with E-state index in [1.165, 1.54) is 10.9 Å². The molecule has 14 heavy (non-hydrogen) atoms. The number of nitrogens with one attached hydrogen (secondary N) is 1. The molecule has 0 radical (unpaired) electrons. The highest BCUT2D eigenvalue weighted by molar-refractivity contribution is 5.75. The molecule has 3 N–H and O–H groups in total. The quantitative estimate of drug-likeness (QED) is 0.504. The van der Waals surface area contributed by atoms with Crippen LogP contribution in [0.1, 0.15) is 6.42 Å². The number of carbonyl (C=O) groups excluding carboxylic acids is 1. The van der Waals surface area contributed by atoms with E-state index in [0.29, 0.717) is 18.7 Å². The van der Waals surface area contributed by atoms with Crippen molar-refractivity contribution in [1.82, 2.24) is 15.1 Å². The molecule has 74 valence electrons. The number of amides is 1. The summed E-state index contributed by atoms with van der Waals surface area (Å²) in [6.07, 6.45) is 8.66. The molecule has 0 unspecified atom stereocenters. The predicted octanol–water partition coefficient (Wildman–Crippen LogP) is -0.395. The van der Waals surface area contributed by atoms with Crippen molar-refractivity contribution in [2.24, 2.45) is 0 Å². The number of hydrogen-bond donors (Lipinski definition) is 2. The van der Waals surface area contributed by atoms with E-state index in [1.54, 1.807) is 6.20 Å². The first-order valence-electron chi connectivity index (χ1n) is 4.20. The number of nitrogens with zero attached hydrogens (tertiary/aromatic N) is 2. The van der Waals surface area contributed by atoms with Crippen LogP contribution in [0, 0.1) is 12.3 Å². The minimum atomic E-state index is -0.122. The van der Waals surface area contributed by atoms with Crippen LogP contribution in [-0.2, 0) is 11.3 Å². The lowest BCUT2D eigenvalue weighted by Gasteiger charge is -2.02. The van der Waals surface area contributed by atoms with Gasteiger partial charge in [0.05, 0.1) is 11.9 Å². The van der Waals surface area contributed by atoms with Gasteiger partial charge >= 0.3 is 0 Å². The van der Waals surface area contributed by atoms with Crippen LogP contribution < -0.4 is 11.1 Å². The molecule has 1 aromatic heterocycles. The van der Waals surface area contributed by atoms with Crippen molar-refractivity contribution < 1.29 is 4.79 Å². The summed E-state index contributed by atoms with van der Waals surface area (Å²) < 4.78 is 1.47. The maximum Gasteiger partial charge on any atom is 0.241 e. The van der Waals surface area contributed by atoms with Crippen molar-refractivity contribution in [1.29, 1.82) is 0 Å². The van der Waals surface area contributed by atoms with E-state index in [9.17, 15) is 4.79 Å². The zero-order chi connectivity index (χ0) is 10.4. The lowest BCUT2D eigenvalue weighted by molar-refractivity contribution is -0.121. The fraction of sp³-hybridized carbons (Fsp3) is 0.333. The first kappa shape index (κ1) is 10.1. The van der Waals surface area contributed by atoms with Gasteiger partial charge in [0, 0.05) is 19.2 Å². The average molecular weight is 192 g/mol. The van der Waals surface area contributed by atoms with Crippen molar-refractivity contribution in [2.45, 2.75) is 13.0 Å². The van der Waals surface area contributed by atoms with Gasteiger partial charge in [0.15, 0.2) is 0 Å². The Kier molecular flexibility index (Phi) is 3.56. The lowest BCUT2D eigenvalue weighted by Crippen LogP contribution is -2.28. The molecule has 0 bridgehead atoms.